The second kappa shape index (κ2) is 13.0. The van der Waals surface area contributed by atoms with Gasteiger partial charge in [-0.1, -0.05) is 75.2 Å². The summed E-state index contributed by atoms with van der Waals surface area (Å²) in [5.41, 5.74) is 0. The fourth-order valence-electron chi connectivity index (χ4n) is 2.21. The molecule has 1 unspecified atom stereocenters. The Bertz CT molecular complexity index is 219. The number of rotatable bonds is 12. The predicted octanol–water partition coefficient (Wildman–Crippen LogP) is 5.05. The normalized spacial score (nSPS) is 12.7. The Labute approximate surface area is 128 Å². The van der Waals surface area contributed by atoms with Crippen molar-refractivity contribution in [1.29, 1.82) is 0 Å². The molecule has 0 heterocycles. The highest BCUT2D eigenvalue weighted by atomic mass is 79.9. The summed E-state index contributed by atoms with van der Waals surface area (Å²) in [5, 5.41) is 4.11. The lowest BCUT2D eigenvalue weighted by Crippen LogP contribution is -2.38. The zero-order valence-corrected chi connectivity index (χ0v) is 14.6. The van der Waals surface area contributed by atoms with Gasteiger partial charge in [0.15, 0.2) is 0 Å². The molecule has 1 atom stereocenters. The van der Waals surface area contributed by atoms with E-state index in [4.69, 9.17) is 0 Å². The van der Waals surface area contributed by atoms with E-state index in [-0.39, 0.29) is 5.91 Å². The Morgan fingerprint density at radius 1 is 1.05 bits per heavy atom. The first kappa shape index (κ1) is 18.9. The molecule has 0 aliphatic heterocycles. The molecule has 1 amide bonds. The van der Waals surface area contributed by atoms with Crippen molar-refractivity contribution in [2.75, 3.05) is 5.33 Å². The van der Waals surface area contributed by atoms with Gasteiger partial charge in [0, 0.05) is 17.8 Å². The highest BCUT2D eigenvalue weighted by Crippen LogP contribution is 2.10. The average molecular weight is 334 g/mol. The van der Waals surface area contributed by atoms with Crippen LogP contribution in [0.2, 0.25) is 0 Å². The third-order valence-electron chi connectivity index (χ3n) is 3.58. The van der Waals surface area contributed by atoms with Crippen LogP contribution in [0.5, 0.6) is 0 Å². The van der Waals surface area contributed by atoms with E-state index in [2.05, 4.69) is 42.0 Å². The molecular weight excluding hydrogens is 302 g/mol. The number of carbonyl (C=O) groups excluding carboxylic acids is 1. The first-order valence-corrected chi connectivity index (χ1v) is 9.09. The Balaban J connectivity index is 3.57. The van der Waals surface area contributed by atoms with Crippen LogP contribution >= 0.6 is 15.9 Å². The highest BCUT2D eigenvalue weighted by Gasteiger charge is 2.14. The van der Waals surface area contributed by atoms with E-state index in [1.807, 2.05) is 0 Å². The molecule has 0 saturated heterocycles. The van der Waals surface area contributed by atoms with E-state index in [0.29, 0.717) is 18.4 Å². The molecule has 0 bridgehead atoms. The van der Waals surface area contributed by atoms with Crippen molar-refractivity contribution in [3.63, 3.8) is 0 Å². The summed E-state index contributed by atoms with van der Waals surface area (Å²) in [5.74, 6) is 0.740. The molecule has 0 saturated carbocycles. The summed E-state index contributed by atoms with van der Waals surface area (Å²) in [4.78, 5) is 11.8. The molecule has 3 heteroatoms. The van der Waals surface area contributed by atoms with Crippen molar-refractivity contribution in [3.8, 4) is 0 Å². The molecule has 0 spiro atoms. The highest BCUT2D eigenvalue weighted by molar-refractivity contribution is 9.09. The SMILES string of the molecule is CCCCCCCCCC(=O)NC(CCBr)C(C)C. The number of carbonyl (C=O) groups is 1. The van der Waals surface area contributed by atoms with Crippen LogP contribution in [0.3, 0.4) is 0 Å². The summed E-state index contributed by atoms with van der Waals surface area (Å²) in [6, 6.07) is 0.316. The molecule has 0 fully saturated rings. The second-order valence-electron chi connectivity index (χ2n) is 5.77. The van der Waals surface area contributed by atoms with Gasteiger partial charge in [-0.2, -0.15) is 0 Å². The molecule has 0 radical (unpaired) electrons. The maximum atomic E-state index is 11.8. The summed E-state index contributed by atoms with van der Waals surface area (Å²) < 4.78 is 0. The molecule has 0 aliphatic rings. The van der Waals surface area contributed by atoms with E-state index < -0.39 is 0 Å². The van der Waals surface area contributed by atoms with E-state index in [9.17, 15) is 4.79 Å². The van der Waals surface area contributed by atoms with Gasteiger partial charge in [-0.05, 0) is 18.8 Å². The van der Waals surface area contributed by atoms with Crippen LogP contribution in [0.25, 0.3) is 0 Å². The monoisotopic (exact) mass is 333 g/mol. The van der Waals surface area contributed by atoms with Gasteiger partial charge < -0.3 is 5.32 Å². The van der Waals surface area contributed by atoms with Crippen LogP contribution < -0.4 is 5.32 Å². The molecular formula is C16H32BrNO. The van der Waals surface area contributed by atoms with Gasteiger partial charge in [0.1, 0.15) is 0 Å². The van der Waals surface area contributed by atoms with Gasteiger partial charge >= 0.3 is 0 Å². The Hall–Kier alpha value is -0.0500. The number of hydrogen-bond donors (Lipinski definition) is 1. The van der Waals surface area contributed by atoms with E-state index >= 15 is 0 Å². The van der Waals surface area contributed by atoms with Crippen LogP contribution in [0, 0.1) is 5.92 Å². The van der Waals surface area contributed by atoms with Crippen LogP contribution in [-0.2, 0) is 4.79 Å². The van der Waals surface area contributed by atoms with Gasteiger partial charge in [0.25, 0.3) is 0 Å². The Morgan fingerprint density at radius 3 is 2.16 bits per heavy atom. The molecule has 19 heavy (non-hydrogen) atoms. The van der Waals surface area contributed by atoms with Crippen molar-refractivity contribution in [2.24, 2.45) is 5.92 Å². The lowest BCUT2D eigenvalue weighted by molar-refractivity contribution is -0.122. The number of unbranched alkanes of at least 4 members (excludes halogenated alkanes) is 6. The lowest BCUT2D eigenvalue weighted by Gasteiger charge is -2.21. The van der Waals surface area contributed by atoms with Crippen LogP contribution in [-0.4, -0.2) is 17.3 Å². The van der Waals surface area contributed by atoms with Crippen LogP contribution in [0.15, 0.2) is 0 Å². The smallest absolute Gasteiger partial charge is 0.220 e. The lowest BCUT2D eigenvalue weighted by atomic mass is 10.0. The number of alkyl halides is 1. The molecule has 0 aromatic rings. The Kier molecular flexibility index (Phi) is 12.9. The number of nitrogens with one attached hydrogen (secondary N) is 1. The van der Waals surface area contributed by atoms with Gasteiger partial charge in [-0.15, -0.1) is 0 Å². The first-order valence-electron chi connectivity index (χ1n) is 7.97. The number of amides is 1. The predicted molar refractivity (Wildman–Crippen MR) is 87.8 cm³/mol. The van der Waals surface area contributed by atoms with Gasteiger partial charge in [0.05, 0.1) is 0 Å². The van der Waals surface area contributed by atoms with Gasteiger partial charge in [-0.3, -0.25) is 4.79 Å². The van der Waals surface area contributed by atoms with Crippen molar-refractivity contribution >= 4 is 21.8 Å². The van der Waals surface area contributed by atoms with Gasteiger partial charge in [0.2, 0.25) is 5.91 Å². The van der Waals surface area contributed by atoms with Crippen LogP contribution in [0.1, 0.15) is 78.6 Å². The fourth-order valence-corrected chi connectivity index (χ4v) is 2.70. The molecule has 0 rings (SSSR count). The summed E-state index contributed by atoms with van der Waals surface area (Å²) in [6.45, 7) is 6.57. The third kappa shape index (κ3) is 11.5. The largest absolute Gasteiger partial charge is 0.353 e. The first-order chi connectivity index (χ1) is 9.11. The fraction of sp³-hybridized carbons (Fsp3) is 0.938. The summed E-state index contributed by atoms with van der Waals surface area (Å²) >= 11 is 3.45. The average Bonchev–Trinajstić information content (AvgIpc) is 2.37. The quantitative estimate of drug-likeness (QED) is 0.392. The number of halogens is 1. The van der Waals surface area contributed by atoms with E-state index in [1.54, 1.807) is 0 Å². The van der Waals surface area contributed by atoms with Crippen molar-refractivity contribution in [3.05, 3.63) is 0 Å². The zero-order chi connectivity index (χ0) is 14.5. The standard InChI is InChI=1S/C16H32BrNO/c1-4-5-6-7-8-9-10-11-16(19)18-15(12-13-17)14(2)3/h14-15H,4-13H2,1-3H3,(H,18,19). The maximum Gasteiger partial charge on any atom is 0.220 e. The molecule has 1 N–H and O–H groups in total. The molecule has 2 nitrogen and oxygen atoms in total. The van der Waals surface area contributed by atoms with E-state index in [1.165, 1.54) is 38.5 Å². The topological polar surface area (TPSA) is 29.1 Å². The maximum absolute atomic E-state index is 11.8. The second-order valence-corrected chi connectivity index (χ2v) is 6.56. The minimum atomic E-state index is 0.230. The molecule has 114 valence electrons. The zero-order valence-electron chi connectivity index (χ0n) is 13.0. The Morgan fingerprint density at radius 2 is 1.63 bits per heavy atom. The van der Waals surface area contributed by atoms with Crippen LogP contribution in [0.4, 0.5) is 0 Å². The minimum Gasteiger partial charge on any atom is -0.353 e. The van der Waals surface area contributed by atoms with Crippen molar-refractivity contribution in [2.45, 2.75) is 84.6 Å². The van der Waals surface area contributed by atoms with Crippen molar-refractivity contribution in [1.82, 2.24) is 5.32 Å². The van der Waals surface area contributed by atoms with Crippen molar-refractivity contribution < 1.29 is 4.79 Å². The molecule has 0 aromatic heterocycles. The van der Waals surface area contributed by atoms with Gasteiger partial charge in [-0.25, -0.2) is 0 Å². The molecule has 0 aliphatic carbocycles. The minimum absolute atomic E-state index is 0.230. The third-order valence-corrected chi connectivity index (χ3v) is 4.04. The summed E-state index contributed by atoms with van der Waals surface area (Å²) in [7, 11) is 0. The van der Waals surface area contributed by atoms with E-state index in [0.717, 1.165) is 18.2 Å². The molecule has 0 aromatic carbocycles. The summed E-state index contributed by atoms with van der Waals surface area (Å²) in [6.07, 6.45) is 10.5. The number of hydrogen-bond acceptors (Lipinski definition) is 1.